The van der Waals surface area contributed by atoms with Crippen LogP contribution in [-0.4, -0.2) is 50.1 Å². The van der Waals surface area contributed by atoms with E-state index in [1.165, 1.54) is 23.1 Å². The normalized spacial score (nSPS) is 23.0. The first kappa shape index (κ1) is 30.3. The van der Waals surface area contributed by atoms with E-state index in [1.807, 2.05) is 0 Å². The van der Waals surface area contributed by atoms with Crippen molar-refractivity contribution < 1.29 is 33.2 Å². The number of ether oxygens (including phenoxy) is 2. The van der Waals surface area contributed by atoms with Crippen molar-refractivity contribution in [3.8, 4) is 5.75 Å². The standard InChI is InChI=1S/C31H34FN3O7Si/c1-19-28(43(3,4)32)27(15-16-36)42-31(19)25-17-23(35(39)40)11-14-26(25)34(30(31)38)18-20-5-9-22(10-6-20)33-29(37)21-7-12-24(41-2)13-8-21/h5-14,17,19,27-28,36H,15-16,18H2,1-4H3,(H,33,37)/t19-,27+,28-,31+/m0/s1. The number of nitrogens with zero attached hydrogens (tertiary/aromatic N) is 2. The summed E-state index contributed by atoms with van der Waals surface area (Å²) in [6, 6.07) is 18.0. The molecule has 0 aromatic heterocycles. The molecule has 2 aliphatic rings. The minimum Gasteiger partial charge on any atom is -0.497 e. The summed E-state index contributed by atoms with van der Waals surface area (Å²) >= 11 is 0. The van der Waals surface area contributed by atoms with E-state index in [9.17, 15) is 24.8 Å². The molecule has 0 radical (unpaired) electrons. The van der Waals surface area contributed by atoms with Crippen LogP contribution in [-0.2, 0) is 21.7 Å². The zero-order valence-electron chi connectivity index (χ0n) is 24.4. The number of anilines is 2. The molecule has 226 valence electrons. The van der Waals surface area contributed by atoms with Gasteiger partial charge in [-0.2, -0.15) is 0 Å². The van der Waals surface area contributed by atoms with Gasteiger partial charge in [0.2, 0.25) is 8.41 Å². The number of hydrogen-bond donors (Lipinski definition) is 2. The predicted molar refractivity (Wildman–Crippen MR) is 161 cm³/mol. The molecule has 1 saturated heterocycles. The summed E-state index contributed by atoms with van der Waals surface area (Å²) in [4.78, 5) is 39.7. The molecule has 4 atom stereocenters. The Bertz CT molecular complexity index is 1540. The van der Waals surface area contributed by atoms with Crippen LogP contribution >= 0.6 is 0 Å². The number of carbonyl (C=O) groups is 2. The average molecular weight is 608 g/mol. The minimum atomic E-state index is -3.39. The summed E-state index contributed by atoms with van der Waals surface area (Å²) in [6.45, 7) is 4.76. The molecule has 5 rings (SSSR count). The van der Waals surface area contributed by atoms with Gasteiger partial charge >= 0.3 is 0 Å². The van der Waals surface area contributed by atoms with Crippen molar-refractivity contribution >= 4 is 37.3 Å². The number of aliphatic hydroxyl groups is 1. The monoisotopic (exact) mass is 607 g/mol. The SMILES string of the molecule is COc1ccc(C(=O)Nc2ccc(CN3C(=O)[C@]4(O[C@H](CCO)[C@@H]([Si](C)(C)F)[C@@H]4C)c4cc([N+](=O)[O-])ccc43)cc2)cc1. The molecule has 0 aliphatic carbocycles. The molecular weight excluding hydrogens is 573 g/mol. The number of nitrogens with one attached hydrogen (secondary N) is 1. The molecule has 0 saturated carbocycles. The second-order valence-electron chi connectivity index (χ2n) is 11.5. The van der Waals surface area contributed by atoms with Gasteiger partial charge in [-0.05, 0) is 67.5 Å². The molecule has 10 nitrogen and oxygen atoms in total. The Hall–Kier alpha value is -4.13. The Balaban J connectivity index is 1.44. The molecule has 2 heterocycles. The van der Waals surface area contributed by atoms with Gasteiger partial charge < -0.3 is 28.9 Å². The molecule has 0 unspecified atom stereocenters. The number of rotatable bonds is 9. The highest BCUT2D eigenvalue weighted by atomic mass is 28.4. The summed E-state index contributed by atoms with van der Waals surface area (Å²) in [5, 5.41) is 24.3. The molecule has 12 heteroatoms. The van der Waals surface area contributed by atoms with Crippen LogP contribution in [0.25, 0.3) is 0 Å². The molecule has 43 heavy (non-hydrogen) atoms. The van der Waals surface area contributed by atoms with Crippen molar-refractivity contribution in [3.05, 3.63) is 93.5 Å². The van der Waals surface area contributed by atoms with Crippen LogP contribution in [0, 0.1) is 16.0 Å². The average Bonchev–Trinajstić information content (AvgIpc) is 3.40. The number of nitro groups is 1. The van der Waals surface area contributed by atoms with E-state index in [0.717, 1.165) is 5.56 Å². The quantitative estimate of drug-likeness (QED) is 0.141. The van der Waals surface area contributed by atoms with Crippen molar-refractivity contribution in [2.24, 2.45) is 5.92 Å². The zero-order valence-corrected chi connectivity index (χ0v) is 25.4. The number of halogens is 1. The van der Waals surface area contributed by atoms with E-state index in [4.69, 9.17) is 9.47 Å². The highest BCUT2D eigenvalue weighted by Gasteiger charge is 2.66. The van der Waals surface area contributed by atoms with Crippen LogP contribution in [0.5, 0.6) is 5.75 Å². The Morgan fingerprint density at radius 1 is 1.16 bits per heavy atom. The fourth-order valence-corrected chi connectivity index (χ4v) is 9.07. The molecule has 3 aromatic carbocycles. The first-order valence-corrected chi connectivity index (χ1v) is 17.0. The third-order valence-corrected chi connectivity index (χ3v) is 10.9. The lowest BCUT2D eigenvalue weighted by Crippen LogP contribution is -2.45. The number of methoxy groups -OCH3 is 1. The van der Waals surface area contributed by atoms with Crippen molar-refractivity contribution in [3.63, 3.8) is 0 Å². The maximum Gasteiger partial charge on any atom is 0.269 e. The van der Waals surface area contributed by atoms with Gasteiger partial charge in [-0.3, -0.25) is 19.7 Å². The highest BCUT2D eigenvalue weighted by Crippen LogP contribution is 2.60. The number of hydrogen-bond acceptors (Lipinski definition) is 7. The molecule has 3 aromatic rings. The smallest absolute Gasteiger partial charge is 0.269 e. The molecule has 2 N–H and O–H groups in total. The lowest BCUT2D eigenvalue weighted by atomic mass is 9.82. The minimum absolute atomic E-state index is 0.125. The van der Waals surface area contributed by atoms with Crippen LogP contribution < -0.4 is 15.0 Å². The summed E-state index contributed by atoms with van der Waals surface area (Å²) in [5.41, 5.74) is 0.144. The largest absolute Gasteiger partial charge is 0.497 e. The number of carbonyl (C=O) groups excluding carboxylic acids is 2. The van der Waals surface area contributed by atoms with E-state index in [-0.39, 0.29) is 31.2 Å². The number of amides is 2. The van der Waals surface area contributed by atoms with Gasteiger partial charge in [-0.1, -0.05) is 19.1 Å². The van der Waals surface area contributed by atoms with Gasteiger partial charge in [0.25, 0.3) is 17.5 Å². The topological polar surface area (TPSA) is 131 Å². The Labute approximate surface area is 249 Å². The van der Waals surface area contributed by atoms with Crippen molar-refractivity contribution in [2.45, 2.75) is 50.2 Å². The summed E-state index contributed by atoms with van der Waals surface area (Å²) in [7, 11) is -1.85. The Kier molecular flexibility index (Phi) is 8.12. The fraction of sp³-hybridized carbons (Fsp3) is 0.355. The van der Waals surface area contributed by atoms with Crippen LogP contribution in [0.4, 0.5) is 21.2 Å². The first-order valence-electron chi connectivity index (χ1n) is 14.0. The fourth-order valence-electron chi connectivity index (χ4n) is 6.52. The molecule has 1 fully saturated rings. The molecule has 1 spiro atoms. The van der Waals surface area contributed by atoms with E-state index >= 15 is 4.11 Å². The van der Waals surface area contributed by atoms with E-state index in [1.54, 1.807) is 75.7 Å². The number of aliphatic hydroxyl groups excluding tert-OH is 1. The van der Waals surface area contributed by atoms with Crippen LogP contribution in [0.15, 0.2) is 66.7 Å². The number of benzene rings is 3. The maximum absolute atomic E-state index is 15.7. The van der Waals surface area contributed by atoms with Crippen LogP contribution in [0.3, 0.4) is 0 Å². The van der Waals surface area contributed by atoms with Gasteiger partial charge in [-0.25, -0.2) is 0 Å². The van der Waals surface area contributed by atoms with E-state index in [2.05, 4.69) is 5.32 Å². The maximum atomic E-state index is 15.7. The van der Waals surface area contributed by atoms with Gasteiger partial charge in [0.15, 0.2) is 5.60 Å². The van der Waals surface area contributed by atoms with Gasteiger partial charge in [0, 0.05) is 47.0 Å². The Morgan fingerprint density at radius 2 is 1.84 bits per heavy atom. The highest BCUT2D eigenvalue weighted by molar-refractivity contribution is 6.72. The van der Waals surface area contributed by atoms with Crippen molar-refractivity contribution in [1.29, 1.82) is 0 Å². The lowest BCUT2D eigenvalue weighted by Gasteiger charge is -2.31. The summed E-state index contributed by atoms with van der Waals surface area (Å²) in [6.07, 6.45) is -0.561. The number of fused-ring (bicyclic) bond motifs is 2. The van der Waals surface area contributed by atoms with Crippen molar-refractivity contribution in [1.82, 2.24) is 0 Å². The third-order valence-electron chi connectivity index (χ3n) is 8.47. The first-order chi connectivity index (χ1) is 20.4. The second kappa shape index (κ2) is 11.5. The van der Waals surface area contributed by atoms with Crippen molar-refractivity contribution in [2.75, 3.05) is 23.9 Å². The molecule has 0 bridgehead atoms. The zero-order chi connectivity index (χ0) is 31.1. The molecule has 2 amide bonds. The van der Waals surface area contributed by atoms with Crippen LogP contribution in [0.1, 0.15) is 34.8 Å². The van der Waals surface area contributed by atoms with E-state index in [0.29, 0.717) is 28.3 Å². The summed E-state index contributed by atoms with van der Waals surface area (Å²) < 4.78 is 27.2. The van der Waals surface area contributed by atoms with Gasteiger partial charge in [0.05, 0.1) is 30.4 Å². The van der Waals surface area contributed by atoms with Crippen LogP contribution in [0.2, 0.25) is 18.6 Å². The predicted octanol–water partition coefficient (Wildman–Crippen LogP) is 5.56. The number of non-ortho nitro benzene ring substituents is 1. The van der Waals surface area contributed by atoms with Gasteiger partial charge in [-0.15, -0.1) is 0 Å². The molecular formula is C31H34FN3O7Si. The second-order valence-corrected chi connectivity index (χ2v) is 15.3. The van der Waals surface area contributed by atoms with Gasteiger partial charge in [0.1, 0.15) is 5.75 Å². The van der Waals surface area contributed by atoms with E-state index < -0.39 is 42.4 Å². The lowest BCUT2D eigenvalue weighted by molar-refractivity contribution is -0.385. The third kappa shape index (κ3) is 5.41. The Morgan fingerprint density at radius 3 is 2.42 bits per heavy atom. The number of nitro benzene ring substituents is 1. The summed E-state index contributed by atoms with van der Waals surface area (Å²) in [5.74, 6) is -0.690. The molecule has 2 aliphatic heterocycles.